The van der Waals surface area contributed by atoms with Crippen molar-refractivity contribution in [1.82, 2.24) is 0 Å². The fourth-order valence-electron chi connectivity index (χ4n) is 7.07. The van der Waals surface area contributed by atoms with Crippen molar-refractivity contribution in [3.8, 4) is 55.6 Å². The molecule has 0 saturated heterocycles. The lowest BCUT2D eigenvalue weighted by Gasteiger charge is -2.24. The van der Waals surface area contributed by atoms with Crippen molar-refractivity contribution in [2.75, 3.05) is 5.32 Å². The number of hydrogen-bond acceptors (Lipinski definition) is 3. The number of anilines is 2. The summed E-state index contributed by atoms with van der Waals surface area (Å²) in [6.45, 7) is 0. The maximum absolute atomic E-state index is 3.76. The molecule has 1 nitrogen and oxygen atoms in total. The molecule has 51 heavy (non-hydrogen) atoms. The Morgan fingerprint density at radius 3 is 1.53 bits per heavy atom. The summed E-state index contributed by atoms with van der Waals surface area (Å²) >= 11 is 3.74. The van der Waals surface area contributed by atoms with E-state index in [1.165, 1.54) is 75.2 Å². The van der Waals surface area contributed by atoms with Gasteiger partial charge in [0.2, 0.25) is 0 Å². The summed E-state index contributed by atoms with van der Waals surface area (Å²) in [5, 5.41) is 3.76. The summed E-state index contributed by atoms with van der Waals surface area (Å²) in [5.74, 6) is 0. The Labute approximate surface area is 308 Å². The SMILES string of the molecule is c1ccc(Nc2cccc(-c3cccc4c3Sc3cccc(-c5ccccc5)c3-c3ccccc3Sc3ccccc3-4)c2-c2ccccc2)cc1. The summed E-state index contributed by atoms with van der Waals surface area (Å²) in [5.41, 5.74) is 14.3. The van der Waals surface area contributed by atoms with Crippen molar-refractivity contribution < 1.29 is 0 Å². The van der Waals surface area contributed by atoms with Crippen molar-refractivity contribution >= 4 is 34.9 Å². The normalized spacial score (nSPS) is 11.8. The van der Waals surface area contributed by atoms with Gasteiger partial charge in [0.15, 0.2) is 0 Å². The van der Waals surface area contributed by atoms with Crippen LogP contribution in [0.5, 0.6) is 0 Å². The van der Waals surface area contributed by atoms with Crippen LogP contribution in [0.3, 0.4) is 0 Å². The third-order valence-corrected chi connectivity index (χ3v) is 11.7. The van der Waals surface area contributed by atoms with Gasteiger partial charge in [0, 0.05) is 42.1 Å². The van der Waals surface area contributed by atoms with Crippen LogP contribution in [0.1, 0.15) is 0 Å². The quantitative estimate of drug-likeness (QED) is 0.193. The molecule has 9 rings (SSSR count). The highest BCUT2D eigenvalue weighted by atomic mass is 32.2. The largest absolute Gasteiger partial charge is 0.355 e. The van der Waals surface area contributed by atoms with Crippen molar-refractivity contribution in [3.05, 3.63) is 194 Å². The Balaban J connectivity index is 1.33. The first-order chi connectivity index (χ1) is 25.3. The first-order valence-electron chi connectivity index (χ1n) is 17.2. The molecule has 0 unspecified atom stereocenters. The second kappa shape index (κ2) is 13.9. The first-order valence-corrected chi connectivity index (χ1v) is 18.8. The van der Waals surface area contributed by atoms with Gasteiger partial charge in [-0.3, -0.25) is 0 Å². The van der Waals surface area contributed by atoms with E-state index >= 15 is 0 Å². The van der Waals surface area contributed by atoms with Crippen LogP contribution < -0.4 is 5.32 Å². The van der Waals surface area contributed by atoms with Crippen LogP contribution in [0.4, 0.5) is 11.4 Å². The molecule has 0 aliphatic carbocycles. The highest BCUT2D eigenvalue weighted by molar-refractivity contribution is 8.00. The van der Waals surface area contributed by atoms with Crippen LogP contribution in [0, 0.1) is 0 Å². The fourth-order valence-corrected chi connectivity index (χ4v) is 9.43. The summed E-state index contributed by atoms with van der Waals surface area (Å²) in [6.07, 6.45) is 0. The minimum Gasteiger partial charge on any atom is -0.355 e. The van der Waals surface area contributed by atoms with E-state index in [-0.39, 0.29) is 0 Å². The zero-order valence-electron chi connectivity index (χ0n) is 27.8. The molecular weight excluding hydrogens is 655 g/mol. The molecule has 0 aromatic heterocycles. The highest BCUT2D eigenvalue weighted by Crippen LogP contribution is 2.54. The van der Waals surface area contributed by atoms with Crippen molar-refractivity contribution in [3.63, 3.8) is 0 Å². The predicted molar refractivity (Wildman–Crippen MR) is 218 cm³/mol. The van der Waals surface area contributed by atoms with Gasteiger partial charge in [-0.2, -0.15) is 0 Å². The molecule has 8 aromatic rings. The summed E-state index contributed by atoms with van der Waals surface area (Å²) in [4.78, 5) is 4.97. The molecule has 1 heterocycles. The van der Waals surface area contributed by atoms with E-state index in [1.807, 2.05) is 23.5 Å². The Morgan fingerprint density at radius 2 is 0.784 bits per heavy atom. The van der Waals surface area contributed by atoms with E-state index in [4.69, 9.17) is 0 Å². The maximum atomic E-state index is 3.76. The Morgan fingerprint density at radius 1 is 0.294 bits per heavy atom. The Bertz CT molecular complexity index is 2490. The Kier molecular flexibility index (Phi) is 8.50. The summed E-state index contributed by atoms with van der Waals surface area (Å²) in [6, 6.07) is 70.1. The van der Waals surface area contributed by atoms with Crippen molar-refractivity contribution in [1.29, 1.82) is 0 Å². The van der Waals surface area contributed by atoms with Crippen molar-refractivity contribution in [2.24, 2.45) is 0 Å². The lowest BCUT2D eigenvalue weighted by molar-refractivity contribution is 1.32. The number of nitrogens with one attached hydrogen (secondary N) is 1. The van der Waals surface area contributed by atoms with E-state index < -0.39 is 0 Å². The van der Waals surface area contributed by atoms with Gasteiger partial charge in [-0.05, 0) is 80.9 Å². The van der Waals surface area contributed by atoms with Gasteiger partial charge in [0.05, 0.1) is 0 Å². The topological polar surface area (TPSA) is 12.0 Å². The van der Waals surface area contributed by atoms with Crippen LogP contribution in [-0.2, 0) is 0 Å². The number of fused-ring (bicyclic) bond motifs is 6. The minimum absolute atomic E-state index is 1.06. The molecular formula is C48H33NS2. The van der Waals surface area contributed by atoms with Crippen LogP contribution in [-0.4, -0.2) is 0 Å². The molecule has 0 amide bonds. The number of rotatable bonds is 5. The van der Waals surface area contributed by atoms with E-state index in [0.29, 0.717) is 0 Å². The minimum atomic E-state index is 1.06. The van der Waals surface area contributed by atoms with Gasteiger partial charge in [-0.25, -0.2) is 0 Å². The number of benzene rings is 8. The molecule has 3 heteroatoms. The average molecular weight is 688 g/mol. The van der Waals surface area contributed by atoms with Crippen LogP contribution in [0.15, 0.2) is 214 Å². The molecule has 1 aliphatic rings. The van der Waals surface area contributed by atoms with Gasteiger partial charge in [0.1, 0.15) is 0 Å². The van der Waals surface area contributed by atoms with E-state index in [0.717, 1.165) is 11.4 Å². The Hall–Kier alpha value is -5.74. The third-order valence-electron chi connectivity index (χ3n) is 9.36. The molecule has 242 valence electrons. The molecule has 1 N–H and O–H groups in total. The van der Waals surface area contributed by atoms with Gasteiger partial charge >= 0.3 is 0 Å². The van der Waals surface area contributed by atoms with Crippen LogP contribution >= 0.6 is 23.5 Å². The van der Waals surface area contributed by atoms with Gasteiger partial charge < -0.3 is 5.32 Å². The van der Waals surface area contributed by atoms with Crippen molar-refractivity contribution in [2.45, 2.75) is 19.6 Å². The van der Waals surface area contributed by atoms with Crippen LogP contribution in [0.25, 0.3) is 55.6 Å². The lowest BCUT2D eigenvalue weighted by atomic mass is 9.91. The molecule has 0 atom stereocenters. The second-order valence-corrected chi connectivity index (χ2v) is 14.6. The molecule has 0 saturated carbocycles. The molecule has 1 aliphatic heterocycles. The standard InChI is InChI=1S/C48H33NS2/c1-4-17-33(18-5-1)36-25-16-32-45-47(36)41-24-11-13-31-44(41)50-43-30-12-10-23-37(43)39-27-14-28-40(48(39)51-45)38-26-15-29-42(49-35-21-8-3-9-22-35)46(38)34-19-6-2-7-20-34/h1-32,49H. The highest BCUT2D eigenvalue weighted by Gasteiger charge is 2.25. The average Bonchev–Trinajstić information content (AvgIpc) is 3.19. The smallest absolute Gasteiger partial charge is 0.0470 e. The predicted octanol–water partition coefficient (Wildman–Crippen LogP) is 14.4. The third kappa shape index (κ3) is 6.05. The summed E-state index contributed by atoms with van der Waals surface area (Å²) < 4.78 is 0. The van der Waals surface area contributed by atoms with E-state index in [2.05, 4.69) is 199 Å². The second-order valence-electron chi connectivity index (χ2n) is 12.5. The zero-order valence-corrected chi connectivity index (χ0v) is 29.4. The lowest BCUT2D eigenvalue weighted by Crippen LogP contribution is -1.98. The molecule has 0 fully saturated rings. The zero-order chi connectivity index (χ0) is 34.0. The molecule has 8 aromatic carbocycles. The fraction of sp³-hybridized carbons (Fsp3) is 0. The van der Waals surface area contributed by atoms with Crippen LogP contribution in [0.2, 0.25) is 0 Å². The summed E-state index contributed by atoms with van der Waals surface area (Å²) in [7, 11) is 0. The molecule has 0 spiro atoms. The number of hydrogen-bond donors (Lipinski definition) is 1. The first kappa shape index (κ1) is 31.3. The van der Waals surface area contributed by atoms with E-state index in [9.17, 15) is 0 Å². The number of para-hydroxylation sites is 1. The van der Waals surface area contributed by atoms with Gasteiger partial charge in [0.25, 0.3) is 0 Å². The molecule has 0 bridgehead atoms. The van der Waals surface area contributed by atoms with Gasteiger partial charge in [-0.15, -0.1) is 0 Å². The monoisotopic (exact) mass is 687 g/mol. The van der Waals surface area contributed by atoms with E-state index in [1.54, 1.807) is 0 Å². The maximum Gasteiger partial charge on any atom is 0.0470 e. The van der Waals surface area contributed by atoms with Gasteiger partial charge in [-0.1, -0.05) is 181 Å². The molecule has 0 radical (unpaired) electrons.